The van der Waals surface area contributed by atoms with Gasteiger partial charge < -0.3 is 9.47 Å². The summed E-state index contributed by atoms with van der Waals surface area (Å²) < 4.78 is 106. The van der Waals surface area contributed by atoms with Gasteiger partial charge in [-0.2, -0.15) is 26.3 Å². The lowest BCUT2D eigenvalue weighted by molar-refractivity contribution is -0.254. The minimum absolute atomic E-state index is 0.163. The van der Waals surface area contributed by atoms with E-state index in [0.29, 0.717) is 20.9 Å². The second-order valence-corrected chi connectivity index (χ2v) is 14.3. The van der Waals surface area contributed by atoms with Crippen LogP contribution in [-0.2, 0) is 0 Å². The highest BCUT2D eigenvalue weighted by molar-refractivity contribution is 7.18. The Bertz CT molecular complexity index is 1540. The fraction of sp³-hybridized carbons (Fsp3) is 0.333. The molecule has 10 heteroatoms. The first-order chi connectivity index (χ1) is 19.8. The first kappa shape index (κ1) is 31.2. The van der Waals surface area contributed by atoms with Gasteiger partial charge in [0.15, 0.2) is 10.1 Å². The highest BCUT2D eigenvalue weighted by Crippen LogP contribution is 2.67. The molecule has 4 aromatic rings. The van der Waals surface area contributed by atoms with Crippen molar-refractivity contribution in [3.8, 4) is 31.0 Å². The van der Waals surface area contributed by atoms with Crippen molar-refractivity contribution in [3.05, 3.63) is 83.9 Å². The Morgan fingerprint density at radius 2 is 0.860 bits per heavy atom. The van der Waals surface area contributed by atoms with E-state index in [9.17, 15) is 0 Å². The molecule has 0 fully saturated rings. The van der Waals surface area contributed by atoms with Crippen LogP contribution in [0.1, 0.15) is 52.7 Å². The second kappa shape index (κ2) is 10.4. The Labute approximate surface area is 254 Å². The van der Waals surface area contributed by atoms with E-state index in [1.807, 2.05) is 0 Å². The van der Waals surface area contributed by atoms with Crippen molar-refractivity contribution < 1.29 is 35.8 Å². The van der Waals surface area contributed by atoms with E-state index < -0.39 is 51.2 Å². The van der Waals surface area contributed by atoms with Crippen molar-refractivity contribution in [2.45, 2.75) is 70.5 Å². The predicted molar refractivity (Wildman–Crippen MR) is 162 cm³/mol. The number of halogens is 6. The number of allylic oxidation sites excluding steroid dienone is 2. The molecule has 0 bridgehead atoms. The lowest BCUT2D eigenvalue weighted by Gasteiger charge is -2.26. The molecule has 0 atom stereocenters. The summed E-state index contributed by atoms with van der Waals surface area (Å²) >= 11 is 1.87. The van der Waals surface area contributed by atoms with Crippen LogP contribution in [-0.4, -0.2) is 29.0 Å². The predicted octanol–water partition coefficient (Wildman–Crippen LogP) is 11.3. The van der Waals surface area contributed by atoms with Gasteiger partial charge >= 0.3 is 17.8 Å². The summed E-state index contributed by atoms with van der Waals surface area (Å²) in [5, 5.41) is -0.326. The van der Waals surface area contributed by atoms with E-state index in [-0.39, 0.29) is 10.1 Å². The maximum atomic E-state index is 16.0. The van der Waals surface area contributed by atoms with E-state index in [4.69, 9.17) is 9.47 Å². The normalized spacial score (nSPS) is 17.8. The summed E-state index contributed by atoms with van der Waals surface area (Å²) in [5.41, 5.74) is -4.67. The molecule has 0 aliphatic heterocycles. The zero-order chi connectivity index (χ0) is 31.6. The van der Waals surface area contributed by atoms with Gasteiger partial charge in [0.25, 0.3) is 0 Å². The second-order valence-electron chi connectivity index (χ2n) is 12.3. The SMILES string of the molecule is CC(C)(C)Oc1sc(-c2ccccc2)cc1C1=C(c2cc(-c3ccccc3)sc2OC(C)(C)C)C(F)(F)C(F)(F)C1(F)F. The van der Waals surface area contributed by atoms with Crippen LogP contribution in [0, 0.1) is 0 Å². The lowest BCUT2D eigenvalue weighted by atomic mass is 9.96. The fourth-order valence-electron chi connectivity index (χ4n) is 4.73. The summed E-state index contributed by atoms with van der Waals surface area (Å²) in [5.74, 6) is -16.2. The molecule has 0 spiro atoms. The molecule has 0 amide bonds. The Hall–Kier alpha value is -3.24. The molecule has 2 nitrogen and oxygen atoms in total. The van der Waals surface area contributed by atoms with Gasteiger partial charge in [0.2, 0.25) is 0 Å². The van der Waals surface area contributed by atoms with E-state index in [1.165, 1.54) is 12.1 Å². The molecule has 2 heterocycles. The largest absolute Gasteiger partial charge is 0.478 e. The third-order valence-corrected chi connectivity index (χ3v) is 8.64. The van der Waals surface area contributed by atoms with Crippen LogP contribution in [0.15, 0.2) is 72.8 Å². The van der Waals surface area contributed by atoms with Crippen molar-refractivity contribution in [1.82, 2.24) is 0 Å². The van der Waals surface area contributed by atoms with Gasteiger partial charge in [-0.05, 0) is 64.8 Å². The van der Waals surface area contributed by atoms with Crippen LogP contribution < -0.4 is 9.47 Å². The molecule has 1 aliphatic rings. The van der Waals surface area contributed by atoms with Gasteiger partial charge in [0.05, 0.1) is 0 Å². The zero-order valence-electron chi connectivity index (χ0n) is 24.3. The molecule has 2 aromatic heterocycles. The molecule has 0 radical (unpaired) electrons. The molecular weight excluding hydrogens is 606 g/mol. The van der Waals surface area contributed by atoms with Gasteiger partial charge in [0, 0.05) is 32.0 Å². The van der Waals surface area contributed by atoms with Crippen LogP contribution in [0.25, 0.3) is 32.0 Å². The molecule has 5 rings (SSSR count). The third-order valence-electron chi connectivity index (χ3n) is 6.52. The third kappa shape index (κ3) is 5.59. The quantitative estimate of drug-likeness (QED) is 0.196. The number of rotatable bonds is 6. The summed E-state index contributed by atoms with van der Waals surface area (Å²) in [7, 11) is 0. The van der Waals surface area contributed by atoms with Crippen LogP contribution >= 0.6 is 22.7 Å². The van der Waals surface area contributed by atoms with Crippen LogP contribution in [0.3, 0.4) is 0 Å². The van der Waals surface area contributed by atoms with Gasteiger partial charge in [-0.25, -0.2) is 0 Å². The maximum Gasteiger partial charge on any atom is 0.380 e. The zero-order valence-corrected chi connectivity index (χ0v) is 26.0. The smallest absolute Gasteiger partial charge is 0.380 e. The highest BCUT2D eigenvalue weighted by Gasteiger charge is 2.80. The molecule has 0 saturated carbocycles. The highest BCUT2D eigenvalue weighted by atomic mass is 32.1. The number of thiophene rings is 2. The molecule has 2 aromatic carbocycles. The average Bonchev–Trinajstić information content (AvgIpc) is 3.51. The first-order valence-electron chi connectivity index (χ1n) is 13.5. The topological polar surface area (TPSA) is 18.5 Å². The van der Waals surface area contributed by atoms with E-state index in [0.717, 1.165) is 22.7 Å². The standard InChI is InChI=1S/C33H30F6O2S2/c1-29(2,3)40-27-21(17-23(42-27)19-13-9-7-10-14-19)25-26(32(36,37)33(38,39)31(25,34)35)22-18-24(20-15-11-8-12-16-20)43-28(22)41-30(4,5)6/h7-18H,1-6H3. The van der Waals surface area contributed by atoms with Gasteiger partial charge in [-0.3, -0.25) is 0 Å². The van der Waals surface area contributed by atoms with Crippen molar-refractivity contribution in [1.29, 1.82) is 0 Å². The van der Waals surface area contributed by atoms with Crippen molar-refractivity contribution >= 4 is 33.8 Å². The average molecular weight is 637 g/mol. The maximum absolute atomic E-state index is 16.0. The molecule has 0 N–H and O–H groups in total. The number of ether oxygens (including phenoxy) is 2. The van der Waals surface area contributed by atoms with Crippen molar-refractivity contribution in [2.24, 2.45) is 0 Å². The van der Waals surface area contributed by atoms with E-state index >= 15 is 26.3 Å². The molecule has 0 saturated heterocycles. The Balaban J connectivity index is 1.87. The van der Waals surface area contributed by atoms with Crippen LogP contribution in [0.2, 0.25) is 0 Å². The molecule has 43 heavy (non-hydrogen) atoms. The summed E-state index contributed by atoms with van der Waals surface area (Å²) in [4.78, 5) is 0.801. The number of hydrogen-bond acceptors (Lipinski definition) is 4. The molecular formula is C33H30F6O2S2. The summed E-state index contributed by atoms with van der Waals surface area (Å²) in [6.07, 6.45) is 0. The Kier molecular flexibility index (Phi) is 7.57. The Morgan fingerprint density at radius 1 is 0.535 bits per heavy atom. The molecule has 228 valence electrons. The monoisotopic (exact) mass is 636 g/mol. The first-order valence-corrected chi connectivity index (χ1v) is 15.1. The van der Waals surface area contributed by atoms with Crippen LogP contribution in [0.5, 0.6) is 10.1 Å². The molecule has 1 aliphatic carbocycles. The van der Waals surface area contributed by atoms with Crippen LogP contribution in [0.4, 0.5) is 26.3 Å². The van der Waals surface area contributed by atoms with E-state index in [1.54, 1.807) is 102 Å². The van der Waals surface area contributed by atoms with Crippen molar-refractivity contribution in [2.75, 3.05) is 0 Å². The minimum Gasteiger partial charge on any atom is -0.478 e. The fourth-order valence-corrected chi connectivity index (χ4v) is 7.11. The number of alkyl halides is 6. The number of hydrogen-bond donors (Lipinski definition) is 0. The lowest BCUT2D eigenvalue weighted by Crippen LogP contribution is -2.48. The molecule has 0 unspecified atom stereocenters. The minimum atomic E-state index is -5.73. The Morgan fingerprint density at radius 3 is 1.16 bits per heavy atom. The summed E-state index contributed by atoms with van der Waals surface area (Å²) in [6, 6.07) is 19.7. The van der Waals surface area contributed by atoms with Gasteiger partial charge in [-0.1, -0.05) is 83.3 Å². The van der Waals surface area contributed by atoms with E-state index in [2.05, 4.69) is 0 Å². The van der Waals surface area contributed by atoms with Gasteiger partial charge in [-0.15, -0.1) is 0 Å². The number of benzene rings is 2. The van der Waals surface area contributed by atoms with Gasteiger partial charge in [0.1, 0.15) is 11.2 Å². The van der Waals surface area contributed by atoms with Crippen molar-refractivity contribution in [3.63, 3.8) is 0 Å². The summed E-state index contributed by atoms with van der Waals surface area (Å²) in [6.45, 7) is 9.94.